The smallest absolute Gasteiger partial charge is 0.359 e. The van der Waals surface area contributed by atoms with Crippen molar-refractivity contribution in [3.63, 3.8) is 0 Å². The molecule has 1 aromatic rings. The number of unbranched alkanes of at least 4 members (excludes halogenated alkanes) is 2. The minimum absolute atomic E-state index is 0.124. The first-order chi connectivity index (χ1) is 8.91. The van der Waals surface area contributed by atoms with Crippen LogP contribution in [0.25, 0.3) is 0 Å². The van der Waals surface area contributed by atoms with Gasteiger partial charge in [-0.2, -0.15) is 0 Å². The average Bonchev–Trinajstić information content (AvgIpc) is 2.32. The quantitative estimate of drug-likeness (QED) is 0.495. The molecule has 1 rings (SSSR count). The Kier molecular flexibility index (Phi) is 6.02. The van der Waals surface area contributed by atoms with Gasteiger partial charge in [0.2, 0.25) is 0 Å². The molecule has 0 aromatic heterocycles. The Balaban J connectivity index is 2.42. The number of benzene rings is 1. The average molecular weight is 288 g/mol. The summed E-state index contributed by atoms with van der Waals surface area (Å²) in [5, 5.41) is 8.33. The minimum Gasteiger partial charge on any atom is -0.493 e. The Morgan fingerprint density at radius 3 is 2.47 bits per heavy atom. The maximum absolute atomic E-state index is 11.2. The lowest BCUT2D eigenvalue weighted by atomic mass is 10.2. The molecule has 6 nitrogen and oxygen atoms in total. The van der Waals surface area contributed by atoms with E-state index in [2.05, 4.69) is 0 Å². The zero-order chi connectivity index (χ0) is 14.3. The van der Waals surface area contributed by atoms with Crippen molar-refractivity contribution in [3.05, 3.63) is 24.3 Å². The van der Waals surface area contributed by atoms with E-state index < -0.39 is 13.6 Å². The molecule has 1 aromatic carbocycles. The van der Waals surface area contributed by atoms with Crippen LogP contribution in [-0.2, 0) is 9.36 Å². The summed E-state index contributed by atoms with van der Waals surface area (Å²) in [4.78, 5) is 28.6. The summed E-state index contributed by atoms with van der Waals surface area (Å²) in [7, 11) is -4.33. The highest BCUT2D eigenvalue weighted by atomic mass is 31.2. The van der Waals surface area contributed by atoms with Crippen molar-refractivity contribution in [2.24, 2.45) is 0 Å². The summed E-state index contributed by atoms with van der Waals surface area (Å²) in [6.45, 7) is 0.302. The maximum atomic E-state index is 11.2. The molecule has 0 bridgehead atoms. The normalized spacial score (nSPS) is 11.3. The number of ether oxygens (including phenoxy) is 1. The molecule has 106 valence electrons. The van der Waals surface area contributed by atoms with Crippen LogP contribution >= 0.6 is 7.60 Å². The molecule has 19 heavy (non-hydrogen) atoms. The molecule has 0 atom stereocenters. The molecule has 0 unspecified atom stereocenters. The van der Waals surface area contributed by atoms with Crippen molar-refractivity contribution >= 4 is 18.9 Å². The van der Waals surface area contributed by atoms with Gasteiger partial charge in [0.25, 0.3) is 0 Å². The van der Waals surface area contributed by atoms with Gasteiger partial charge in [0, 0.05) is 6.42 Å². The molecule has 7 heteroatoms. The highest BCUT2D eigenvalue weighted by molar-refractivity contribution is 7.60. The van der Waals surface area contributed by atoms with Gasteiger partial charge in [-0.05, 0) is 31.4 Å². The van der Waals surface area contributed by atoms with Gasteiger partial charge in [-0.15, -0.1) is 0 Å². The number of carboxylic acid groups (broad SMARTS) is 1. The third-order valence-electron chi connectivity index (χ3n) is 2.47. The molecule has 0 spiro atoms. The zero-order valence-electron chi connectivity index (χ0n) is 10.4. The van der Waals surface area contributed by atoms with Gasteiger partial charge < -0.3 is 19.6 Å². The van der Waals surface area contributed by atoms with E-state index in [-0.39, 0.29) is 17.5 Å². The number of aliphatic carboxylic acids is 1. The maximum Gasteiger partial charge on any atom is 0.359 e. The van der Waals surface area contributed by atoms with Gasteiger partial charge in [-0.3, -0.25) is 9.36 Å². The van der Waals surface area contributed by atoms with Crippen LogP contribution in [0.1, 0.15) is 25.7 Å². The van der Waals surface area contributed by atoms with Crippen molar-refractivity contribution in [1.29, 1.82) is 0 Å². The first-order valence-electron chi connectivity index (χ1n) is 5.91. The van der Waals surface area contributed by atoms with Gasteiger partial charge in [0.1, 0.15) is 11.1 Å². The number of hydrogen-bond acceptors (Lipinski definition) is 3. The van der Waals surface area contributed by atoms with Crippen molar-refractivity contribution in [3.8, 4) is 5.75 Å². The third kappa shape index (κ3) is 5.87. The SMILES string of the molecule is O=C(O)CCCCCOc1ccccc1P(=O)(O)O. The summed E-state index contributed by atoms with van der Waals surface area (Å²) in [5.74, 6) is -0.651. The lowest BCUT2D eigenvalue weighted by molar-refractivity contribution is -0.137. The predicted octanol–water partition coefficient (Wildman–Crippen LogP) is 1.51. The van der Waals surface area contributed by atoms with E-state index in [0.29, 0.717) is 25.9 Å². The van der Waals surface area contributed by atoms with Gasteiger partial charge in [-0.25, -0.2) is 0 Å². The molecular weight excluding hydrogens is 271 g/mol. The summed E-state index contributed by atoms with van der Waals surface area (Å²) in [6.07, 6.45) is 2.03. The Bertz CT molecular complexity index is 467. The van der Waals surface area contributed by atoms with E-state index in [1.807, 2.05) is 0 Å². The second kappa shape index (κ2) is 7.28. The van der Waals surface area contributed by atoms with E-state index in [4.69, 9.17) is 19.6 Å². The lowest BCUT2D eigenvalue weighted by Gasteiger charge is -2.11. The molecule has 3 N–H and O–H groups in total. The molecule has 0 heterocycles. The van der Waals surface area contributed by atoms with E-state index in [0.717, 1.165) is 0 Å². The molecule has 0 saturated carbocycles. The van der Waals surface area contributed by atoms with Crippen LogP contribution in [0.3, 0.4) is 0 Å². The lowest BCUT2D eigenvalue weighted by Crippen LogP contribution is -2.10. The van der Waals surface area contributed by atoms with Crippen molar-refractivity contribution in [2.45, 2.75) is 25.7 Å². The van der Waals surface area contributed by atoms with Crippen molar-refractivity contribution in [2.75, 3.05) is 6.61 Å². The summed E-state index contributed by atoms with van der Waals surface area (Å²) >= 11 is 0. The molecule has 0 saturated heterocycles. The van der Waals surface area contributed by atoms with Gasteiger partial charge in [0.15, 0.2) is 0 Å². The predicted molar refractivity (Wildman–Crippen MR) is 69.7 cm³/mol. The van der Waals surface area contributed by atoms with Crippen molar-refractivity contribution in [1.82, 2.24) is 0 Å². The van der Waals surface area contributed by atoms with Crippen molar-refractivity contribution < 1.29 is 29.0 Å². The van der Waals surface area contributed by atoms with Gasteiger partial charge in [0.05, 0.1) is 6.61 Å². The third-order valence-corrected chi connectivity index (χ3v) is 3.47. The van der Waals surface area contributed by atoms with Crippen LogP contribution in [0, 0.1) is 0 Å². The Morgan fingerprint density at radius 1 is 1.16 bits per heavy atom. The molecular formula is C12H17O6P. The fraction of sp³-hybridized carbons (Fsp3) is 0.417. The van der Waals surface area contributed by atoms with Crippen LogP contribution in [0.4, 0.5) is 0 Å². The van der Waals surface area contributed by atoms with E-state index in [9.17, 15) is 9.36 Å². The topological polar surface area (TPSA) is 104 Å². The fourth-order valence-corrected chi connectivity index (χ4v) is 2.26. The largest absolute Gasteiger partial charge is 0.493 e. The summed E-state index contributed by atoms with van der Waals surface area (Å²) < 4.78 is 16.5. The van der Waals surface area contributed by atoms with E-state index in [1.165, 1.54) is 18.2 Å². The van der Waals surface area contributed by atoms with E-state index >= 15 is 0 Å². The molecule has 0 aliphatic rings. The molecule has 0 amide bonds. The van der Waals surface area contributed by atoms with Gasteiger partial charge >= 0.3 is 13.6 Å². The van der Waals surface area contributed by atoms with Crippen LogP contribution in [0.15, 0.2) is 24.3 Å². The second-order valence-corrected chi connectivity index (χ2v) is 5.63. The zero-order valence-corrected chi connectivity index (χ0v) is 11.3. The summed E-state index contributed by atoms with van der Waals surface area (Å²) in [5.41, 5.74) is 0. The van der Waals surface area contributed by atoms with Crippen LogP contribution in [0.5, 0.6) is 5.75 Å². The Morgan fingerprint density at radius 2 is 1.84 bits per heavy atom. The molecule has 0 aliphatic heterocycles. The number of carboxylic acids is 1. The van der Waals surface area contributed by atoms with Crippen LogP contribution in [-0.4, -0.2) is 27.5 Å². The van der Waals surface area contributed by atoms with Crippen LogP contribution in [0.2, 0.25) is 0 Å². The molecule has 0 aliphatic carbocycles. The molecule has 0 fully saturated rings. The highest BCUT2D eigenvalue weighted by Crippen LogP contribution is 2.37. The fourth-order valence-electron chi connectivity index (χ4n) is 1.56. The second-order valence-electron chi connectivity index (χ2n) is 4.06. The monoisotopic (exact) mass is 288 g/mol. The summed E-state index contributed by atoms with van der Waals surface area (Å²) in [6, 6.07) is 6.01. The van der Waals surface area contributed by atoms with Gasteiger partial charge in [-0.1, -0.05) is 12.1 Å². The first-order valence-corrected chi connectivity index (χ1v) is 7.52. The standard InChI is InChI=1S/C12H17O6P/c13-12(14)8-2-1-5-9-18-10-6-3-4-7-11(10)19(15,16)17/h3-4,6-7H,1-2,5,8-9H2,(H,13,14)(H2,15,16,17). The van der Waals surface area contributed by atoms with E-state index in [1.54, 1.807) is 6.07 Å². The minimum atomic E-state index is -4.33. The highest BCUT2D eigenvalue weighted by Gasteiger charge is 2.21. The Labute approximate surface area is 111 Å². The number of para-hydroxylation sites is 1. The number of rotatable bonds is 8. The Hall–Kier alpha value is -1.36. The first kappa shape index (κ1) is 15.7. The van der Waals surface area contributed by atoms with Crippen LogP contribution < -0.4 is 10.0 Å². The number of hydrogen-bond donors (Lipinski definition) is 3. The molecule has 0 radical (unpaired) electrons. The number of carbonyl (C=O) groups is 1.